The molecule has 0 spiro atoms. The fraction of sp³-hybridized carbons (Fsp3) is 0.273. The quantitative estimate of drug-likeness (QED) is 0.635. The molecule has 0 bridgehead atoms. The molecule has 1 N–H and O–H groups in total. The van der Waals surface area contributed by atoms with Gasteiger partial charge in [0.2, 0.25) is 6.49 Å². The number of benzene rings is 1. The Hall–Kier alpha value is -0.470. The molecule has 1 aromatic rings. The summed E-state index contributed by atoms with van der Waals surface area (Å²) in [7, 11) is 0. The molecule has 0 heterocycles. The van der Waals surface area contributed by atoms with Crippen LogP contribution in [0.2, 0.25) is 0 Å². The van der Waals surface area contributed by atoms with Crippen LogP contribution in [-0.2, 0) is 16.3 Å². The first kappa shape index (κ1) is 12.6. The van der Waals surface area contributed by atoms with Crippen LogP contribution in [0.15, 0.2) is 42.5 Å². The van der Waals surface area contributed by atoms with Crippen LogP contribution in [0.25, 0.3) is 0 Å². The summed E-state index contributed by atoms with van der Waals surface area (Å²) in [6, 6.07) is 9.17. The Kier molecular flexibility index (Phi) is 5.20. The lowest BCUT2D eigenvalue weighted by molar-refractivity contribution is 0.354. The zero-order valence-corrected chi connectivity index (χ0v) is 10.4. The fourth-order valence-corrected chi connectivity index (χ4v) is 2.60. The molecule has 1 atom stereocenters. The second-order valence-corrected chi connectivity index (χ2v) is 6.33. The lowest BCUT2D eigenvalue weighted by Crippen LogP contribution is -2.05. The highest BCUT2D eigenvalue weighted by molar-refractivity contribution is 8.13. The third kappa shape index (κ3) is 4.27. The Morgan fingerprint density at radius 1 is 1.33 bits per heavy atom. The maximum Gasteiger partial charge on any atom is 0.217 e. The van der Waals surface area contributed by atoms with Crippen molar-refractivity contribution in [3.05, 3.63) is 42.5 Å². The van der Waals surface area contributed by atoms with Crippen LogP contribution in [0.4, 0.5) is 0 Å². The van der Waals surface area contributed by atoms with Gasteiger partial charge in [-0.25, -0.2) is 0 Å². The molecule has 0 aliphatic heterocycles. The SMILES string of the molecule is CCC=CCOP(O)(=S)c1ccccc1. The van der Waals surface area contributed by atoms with Gasteiger partial charge in [0.1, 0.15) is 0 Å². The number of allylic oxidation sites excluding steroid dienone is 1. The van der Waals surface area contributed by atoms with Crippen LogP contribution in [0.5, 0.6) is 0 Å². The van der Waals surface area contributed by atoms with Crippen LogP contribution in [-0.4, -0.2) is 11.5 Å². The maximum atomic E-state index is 9.95. The predicted molar refractivity (Wildman–Crippen MR) is 68.0 cm³/mol. The van der Waals surface area contributed by atoms with Crippen molar-refractivity contribution >= 4 is 23.6 Å². The van der Waals surface area contributed by atoms with Gasteiger partial charge in [-0.15, -0.1) is 0 Å². The Morgan fingerprint density at radius 2 is 2.00 bits per heavy atom. The molecule has 1 rings (SSSR count). The van der Waals surface area contributed by atoms with E-state index in [4.69, 9.17) is 16.3 Å². The van der Waals surface area contributed by atoms with Crippen LogP contribution >= 0.6 is 6.49 Å². The molecule has 1 aromatic carbocycles. The van der Waals surface area contributed by atoms with Gasteiger partial charge in [0.05, 0.1) is 6.61 Å². The minimum Gasteiger partial charge on any atom is -0.342 e. The fourth-order valence-electron chi connectivity index (χ4n) is 1.07. The van der Waals surface area contributed by atoms with E-state index in [1.165, 1.54) is 0 Å². The molecule has 0 radical (unpaired) electrons. The third-order valence-corrected chi connectivity index (χ3v) is 4.23. The molecular weight excluding hydrogens is 227 g/mol. The van der Waals surface area contributed by atoms with Crippen molar-refractivity contribution < 1.29 is 9.42 Å². The van der Waals surface area contributed by atoms with Crippen molar-refractivity contribution in [2.24, 2.45) is 0 Å². The summed E-state index contributed by atoms with van der Waals surface area (Å²) in [6.45, 7) is -0.387. The van der Waals surface area contributed by atoms with E-state index >= 15 is 0 Å². The minimum absolute atomic E-state index is 0.372. The summed E-state index contributed by atoms with van der Waals surface area (Å²) in [5, 5.41) is 0.699. The van der Waals surface area contributed by atoms with Gasteiger partial charge in [0.15, 0.2) is 0 Å². The predicted octanol–water partition coefficient (Wildman–Crippen LogP) is 2.60. The van der Waals surface area contributed by atoms with Gasteiger partial charge in [-0.2, -0.15) is 0 Å². The Balaban J connectivity index is 2.60. The van der Waals surface area contributed by atoms with E-state index in [2.05, 4.69) is 0 Å². The Morgan fingerprint density at radius 3 is 2.60 bits per heavy atom. The van der Waals surface area contributed by atoms with E-state index in [0.717, 1.165) is 6.42 Å². The summed E-state index contributed by atoms with van der Waals surface area (Å²) in [6.07, 6.45) is 4.82. The summed E-state index contributed by atoms with van der Waals surface area (Å²) >= 11 is 5.07. The summed E-state index contributed by atoms with van der Waals surface area (Å²) < 4.78 is 5.31. The Labute approximate surface area is 95.8 Å². The maximum absolute atomic E-state index is 9.95. The number of hydrogen-bond donors (Lipinski definition) is 1. The van der Waals surface area contributed by atoms with E-state index in [1.807, 2.05) is 37.3 Å². The topological polar surface area (TPSA) is 29.5 Å². The molecule has 2 nitrogen and oxygen atoms in total. The summed E-state index contributed by atoms with van der Waals surface area (Å²) in [5.41, 5.74) is 0. The van der Waals surface area contributed by atoms with Crippen molar-refractivity contribution in [2.45, 2.75) is 13.3 Å². The molecule has 15 heavy (non-hydrogen) atoms. The Bertz CT molecular complexity index is 362. The number of rotatable bonds is 5. The second kappa shape index (κ2) is 6.19. The number of hydrogen-bond acceptors (Lipinski definition) is 2. The normalized spacial score (nSPS) is 15.3. The zero-order chi connectivity index (χ0) is 11.1. The van der Waals surface area contributed by atoms with Crippen LogP contribution in [0.1, 0.15) is 13.3 Å². The molecule has 0 aliphatic rings. The molecule has 0 aliphatic carbocycles. The average molecular weight is 242 g/mol. The lowest BCUT2D eigenvalue weighted by Gasteiger charge is -2.14. The van der Waals surface area contributed by atoms with Gasteiger partial charge in [-0.05, 0) is 30.4 Å². The van der Waals surface area contributed by atoms with Crippen molar-refractivity contribution in [1.82, 2.24) is 0 Å². The molecular formula is C11H15O2PS. The van der Waals surface area contributed by atoms with Gasteiger partial charge >= 0.3 is 0 Å². The van der Waals surface area contributed by atoms with Gasteiger partial charge < -0.3 is 9.42 Å². The van der Waals surface area contributed by atoms with Crippen LogP contribution < -0.4 is 5.30 Å². The third-order valence-electron chi connectivity index (χ3n) is 1.83. The van der Waals surface area contributed by atoms with E-state index in [0.29, 0.717) is 11.9 Å². The van der Waals surface area contributed by atoms with Gasteiger partial charge in [0, 0.05) is 5.30 Å². The average Bonchev–Trinajstić information content (AvgIpc) is 2.26. The summed E-state index contributed by atoms with van der Waals surface area (Å²) in [4.78, 5) is 9.95. The molecule has 0 fully saturated rings. The van der Waals surface area contributed by atoms with Gasteiger partial charge in [-0.1, -0.05) is 37.3 Å². The first-order chi connectivity index (χ1) is 7.17. The highest BCUT2D eigenvalue weighted by Gasteiger charge is 2.15. The van der Waals surface area contributed by atoms with E-state index < -0.39 is 6.49 Å². The molecule has 1 unspecified atom stereocenters. The first-order valence-corrected chi connectivity index (χ1v) is 7.52. The minimum atomic E-state index is -2.80. The summed E-state index contributed by atoms with van der Waals surface area (Å²) in [5.74, 6) is 0. The standard InChI is InChI=1S/C11H15O2PS/c1-2-3-7-10-13-14(12,15)11-8-5-4-6-9-11/h3-9H,2,10H2,1H3,(H,12,15). The monoisotopic (exact) mass is 242 g/mol. The zero-order valence-electron chi connectivity index (χ0n) is 8.67. The van der Waals surface area contributed by atoms with E-state index in [-0.39, 0.29) is 0 Å². The first-order valence-electron chi connectivity index (χ1n) is 4.85. The molecule has 82 valence electrons. The van der Waals surface area contributed by atoms with E-state index in [1.54, 1.807) is 12.1 Å². The van der Waals surface area contributed by atoms with Crippen molar-refractivity contribution in [2.75, 3.05) is 6.61 Å². The molecule has 0 saturated heterocycles. The van der Waals surface area contributed by atoms with Crippen molar-refractivity contribution in [3.63, 3.8) is 0 Å². The van der Waals surface area contributed by atoms with Crippen LogP contribution in [0, 0.1) is 0 Å². The highest BCUT2D eigenvalue weighted by Crippen LogP contribution is 2.40. The second-order valence-electron chi connectivity index (χ2n) is 3.03. The van der Waals surface area contributed by atoms with E-state index in [9.17, 15) is 4.89 Å². The van der Waals surface area contributed by atoms with Gasteiger partial charge in [-0.3, -0.25) is 0 Å². The van der Waals surface area contributed by atoms with Crippen molar-refractivity contribution in [3.8, 4) is 0 Å². The molecule has 4 heteroatoms. The molecule has 0 aromatic heterocycles. The largest absolute Gasteiger partial charge is 0.342 e. The smallest absolute Gasteiger partial charge is 0.217 e. The highest BCUT2D eigenvalue weighted by atomic mass is 32.5. The lowest BCUT2D eigenvalue weighted by atomic mass is 10.4. The van der Waals surface area contributed by atoms with Gasteiger partial charge in [0.25, 0.3) is 0 Å². The molecule has 0 saturated carbocycles. The molecule has 0 amide bonds. The van der Waals surface area contributed by atoms with Crippen molar-refractivity contribution in [1.29, 1.82) is 0 Å². The van der Waals surface area contributed by atoms with Crippen LogP contribution in [0.3, 0.4) is 0 Å².